The Morgan fingerprint density at radius 1 is 1.08 bits per heavy atom. The van der Waals surface area contributed by atoms with Crippen molar-refractivity contribution in [2.45, 2.75) is 20.8 Å². The highest BCUT2D eigenvalue weighted by Crippen LogP contribution is 2.19. The lowest BCUT2D eigenvalue weighted by atomic mass is 10.1. The minimum Gasteiger partial charge on any atom is -0.399 e. The minimum atomic E-state index is -0.216. The van der Waals surface area contributed by atoms with Gasteiger partial charge in [0.15, 0.2) is 0 Å². The normalized spacial score (nSPS) is 10.3. The van der Waals surface area contributed by atoms with Crippen LogP contribution in [0.25, 0.3) is 0 Å². The van der Waals surface area contributed by atoms with E-state index in [-0.39, 0.29) is 18.4 Å². The van der Waals surface area contributed by atoms with Crippen molar-refractivity contribution >= 4 is 23.2 Å². The van der Waals surface area contributed by atoms with Crippen molar-refractivity contribution in [1.82, 2.24) is 4.90 Å². The Hall–Kier alpha value is -2.82. The number of hydrogen-bond acceptors (Lipinski definition) is 3. The Morgan fingerprint density at radius 2 is 1.71 bits per heavy atom. The molecule has 0 saturated heterocycles. The summed E-state index contributed by atoms with van der Waals surface area (Å²) in [5, 5.41) is 2.90. The Kier molecular flexibility index (Phi) is 5.58. The molecule has 5 nitrogen and oxygen atoms in total. The lowest BCUT2D eigenvalue weighted by Crippen LogP contribution is -2.38. The Morgan fingerprint density at radius 3 is 2.29 bits per heavy atom. The smallest absolute Gasteiger partial charge is 0.254 e. The van der Waals surface area contributed by atoms with Crippen LogP contribution in [0, 0.1) is 13.8 Å². The molecule has 0 aliphatic rings. The molecule has 2 amide bonds. The van der Waals surface area contributed by atoms with Gasteiger partial charge in [0.05, 0.1) is 0 Å². The van der Waals surface area contributed by atoms with Gasteiger partial charge in [0.2, 0.25) is 5.91 Å². The summed E-state index contributed by atoms with van der Waals surface area (Å²) in [5.74, 6) is -0.423. The van der Waals surface area contributed by atoms with E-state index in [1.165, 1.54) is 4.90 Å². The SMILES string of the molecule is CCN(CC(=O)Nc1c(C)cccc1C)C(=O)c1cccc(N)c1. The third kappa shape index (κ3) is 4.13. The van der Waals surface area contributed by atoms with Crippen LogP contribution >= 0.6 is 0 Å². The number of carbonyl (C=O) groups excluding carboxylic acids is 2. The highest BCUT2D eigenvalue weighted by Gasteiger charge is 2.18. The zero-order chi connectivity index (χ0) is 17.7. The van der Waals surface area contributed by atoms with Crippen molar-refractivity contribution in [2.24, 2.45) is 0 Å². The molecule has 0 atom stereocenters. The first-order chi connectivity index (χ1) is 11.4. The maximum absolute atomic E-state index is 12.5. The van der Waals surface area contributed by atoms with E-state index < -0.39 is 0 Å². The average Bonchev–Trinajstić information content (AvgIpc) is 2.55. The lowest BCUT2D eigenvalue weighted by molar-refractivity contribution is -0.116. The second-order valence-electron chi connectivity index (χ2n) is 5.76. The van der Waals surface area contributed by atoms with Crippen LogP contribution in [0.2, 0.25) is 0 Å². The molecule has 24 heavy (non-hydrogen) atoms. The number of aryl methyl sites for hydroxylation is 2. The van der Waals surface area contributed by atoms with Crippen molar-refractivity contribution < 1.29 is 9.59 Å². The van der Waals surface area contributed by atoms with E-state index in [2.05, 4.69) is 5.32 Å². The molecule has 0 aliphatic heterocycles. The molecular formula is C19H23N3O2. The first-order valence-electron chi connectivity index (χ1n) is 7.93. The van der Waals surface area contributed by atoms with Gasteiger partial charge >= 0.3 is 0 Å². The molecule has 0 spiro atoms. The van der Waals surface area contributed by atoms with Crippen molar-refractivity contribution in [3.05, 3.63) is 59.2 Å². The van der Waals surface area contributed by atoms with Gasteiger partial charge in [0, 0.05) is 23.5 Å². The van der Waals surface area contributed by atoms with Crippen LogP contribution in [0.1, 0.15) is 28.4 Å². The number of para-hydroxylation sites is 1. The number of anilines is 2. The predicted molar refractivity (Wildman–Crippen MR) is 97.0 cm³/mol. The largest absolute Gasteiger partial charge is 0.399 e. The maximum atomic E-state index is 12.5. The highest BCUT2D eigenvalue weighted by molar-refractivity contribution is 6.00. The van der Waals surface area contributed by atoms with Gasteiger partial charge in [-0.05, 0) is 50.1 Å². The Bertz CT molecular complexity index is 736. The van der Waals surface area contributed by atoms with Crippen LogP contribution in [0.15, 0.2) is 42.5 Å². The number of nitrogen functional groups attached to an aromatic ring is 1. The molecule has 3 N–H and O–H groups in total. The van der Waals surface area contributed by atoms with Crippen LogP contribution < -0.4 is 11.1 Å². The van der Waals surface area contributed by atoms with Gasteiger partial charge in [-0.25, -0.2) is 0 Å². The summed E-state index contributed by atoms with van der Waals surface area (Å²) in [6.45, 7) is 6.17. The maximum Gasteiger partial charge on any atom is 0.254 e. The molecule has 0 aliphatic carbocycles. The number of hydrogen-bond donors (Lipinski definition) is 2. The third-order valence-corrected chi connectivity index (χ3v) is 3.88. The molecule has 2 aromatic carbocycles. The quantitative estimate of drug-likeness (QED) is 0.830. The molecule has 0 fully saturated rings. The topological polar surface area (TPSA) is 75.4 Å². The van der Waals surface area contributed by atoms with E-state index in [1.807, 2.05) is 39.0 Å². The van der Waals surface area contributed by atoms with Crippen molar-refractivity contribution in [3.8, 4) is 0 Å². The number of rotatable bonds is 5. The monoisotopic (exact) mass is 325 g/mol. The van der Waals surface area contributed by atoms with Crippen molar-refractivity contribution in [3.63, 3.8) is 0 Å². The van der Waals surface area contributed by atoms with E-state index in [0.29, 0.717) is 17.8 Å². The fourth-order valence-corrected chi connectivity index (χ4v) is 2.55. The summed E-state index contributed by atoms with van der Waals surface area (Å²) in [6.07, 6.45) is 0. The van der Waals surface area contributed by atoms with E-state index in [0.717, 1.165) is 16.8 Å². The van der Waals surface area contributed by atoms with Gasteiger partial charge in [-0.3, -0.25) is 9.59 Å². The molecule has 2 aromatic rings. The molecule has 0 radical (unpaired) electrons. The first kappa shape index (κ1) is 17.5. The molecule has 0 unspecified atom stereocenters. The van der Waals surface area contributed by atoms with E-state index in [4.69, 9.17) is 5.73 Å². The lowest BCUT2D eigenvalue weighted by Gasteiger charge is -2.21. The van der Waals surface area contributed by atoms with Gasteiger partial charge in [-0.1, -0.05) is 24.3 Å². The van der Waals surface area contributed by atoms with Gasteiger partial charge in [-0.2, -0.15) is 0 Å². The molecule has 0 heterocycles. The summed E-state index contributed by atoms with van der Waals surface area (Å²) in [6, 6.07) is 12.6. The van der Waals surface area contributed by atoms with Crippen LogP contribution in [0.3, 0.4) is 0 Å². The molecule has 5 heteroatoms. The number of carbonyl (C=O) groups is 2. The number of amides is 2. The number of nitrogens with one attached hydrogen (secondary N) is 1. The molecular weight excluding hydrogens is 302 g/mol. The second-order valence-corrected chi connectivity index (χ2v) is 5.76. The number of nitrogens with two attached hydrogens (primary N) is 1. The highest BCUT2D eigenvalue weighted by atomic mass is 16.2. The van der Waals surface area contributed by atoms with E-state index in [9.17, 15) is 9.59 Å². The Labute approximate surface area is 142 Å². The summed E-state index contributed by atoms with van der Waals surface area (Å²) in [4.78, 5) is 26.4. The standard InChI is InChI=1S/C19H23N3O2/c1-4-22(19(24)15-9-6-10-16(20)11-15)12-17(23)21-18-13(2)7-5-8-14(18)3/h5-11H,4,12,20H2,1-3H3,(H,21,23). The second kappa shape index (κ2) is 7.64. The number of nitrogens with zero attached hydrogens (tertiary/aromatic N) is 1. The average molecular weight is 325 g/mol. The van der Waals surface area contributed by atoms with Gasteiger partial charge < -0.3 is 16.0 Å². The predicted octanol–water partition coefficient (Wildman–Crippen LogP) is 2.99. The zero-order valence-corrected chi connectivity index (χ0v) is 14.3. The fourth-order valence-electron chi connectivity index (χ4n) is 2.55. The zero-order valence-electron chi connectivity index (χ0n) is 14.3. The van der Waals surface area contributed by atoms with Gasteiger partial charge in [0.1, 0.15) is 6.54 Å². The number of likely N-dealkylation sites (N-methyl/N-ethyl adjacent to an activating group) is 1. The molecule has 0 saturated carbocycles. The van der Waals surface area contributed by atoms with Gasteiger partial charge in [-0.15, -0.1) is 0 Å². The Balaban J connectivity index is 2.09. The molecule has 0 aromatic heterocycles. The van der Waals surface area contributed by atoms with Crippen molar-refractivity contribution in [2.75, 3.05) is 24.1 Å². The van der Waals surface area contributed by atoms with Crippen LogP contribution in [-0.4, -0.2) is 29.8 Å². The molecule has 0 bridgehead atoms. The summed E-state index contributed by atoms with van der Waals surface area (Å²) in [5.41, 5.74) is 9.52. The third-order valence-electron chi connectivity index (χ3n) is 3.88. The number of benzene rings is 2. The van der Waals surface area contributed by atoms with Crippen LogP contribution in [-0.2, 0) is 4.79 Å². The summed E-state index contributed by atoms with van der Waals surface area (Å²) in [7, 11) is 0. The minimum absolute atomic E-state index is 0.00208. The molecule has 126 valence electrons. The summed E-state index contributed by atoms with van der Waals surface area (Å²) >= 11 is 0. The van der Waals surface area contributed by atoms with Gasteiger partial charge in [0.25, 0.3) is 5.91 Å². The van der Waals surface area contributed by atoms with E-state index >= 15 is 0 Å². The van der Waals surface area contributed by atoms with Crippen LogP contribution in [0.4, 0.5) is 11.4 Å². The van der Waals surface area contributed by atoms with E-state index in [1.54, 1.807) is 24.3 Å². The molecule has 2 rings (SSSR count). The first-order valence-corrected chi connectivity index (χ1v) is 7.93. The van der Waals surface area contributed by atoms with Crippen LogP contribution in [0.5, 0.6) is 0 Å². The van der Waals surface area contributed by atoms with Crippen molar-refractivity contribution in [1.29, 1.82) is 0 Å². The summed E-state index contributed by atoms with van der Waals surface area (Å²) < 4.78 is 0. The fraction of sp³-hybridized carbons (Fsp3) is 0.263.